The van der Waals surface area contributed by atoms with Crippen molar-refractivity contribution in [3.8, 4) is 0 Å². The van der Waals surface area contributed by atoms with Gasteiger partial charge in [-0.3, -0.25) is 4.90 Å². The third-order valence-electron chi connectivity index (χ3n) is 4.79. The molecule has 2 aliphatic rings. The van der Waals surface area contributed by atoms with Crippen molar-refractivity contribution in [1.29, 1.82) is 0 Å². The molecule has 2 fully saturated rings. The monoisotopic (exact) mass is 391 g/mol. The van der Waals surface area contributed by atoms with Crippen molar-refractivity contribution in [3.05, 3.63) is 11.6 Å². The van der Waals surface area contributed by atoms with E-state index in [0.717, 1.165) is 24.6 Å². The van der Waals surface area contributed by atoms with E-state index < -0.39 is 12.7 Å². The van der Waals surface area contributed by atoms with Crippen LogP contribution in [0.1, 0.15) is 12.8 Å². The van der Waals surface area contributed by atoms with Crippen LogP contribution in [0.4, 0.5) is 23.1 Å². The molecule has 1 aromatic rings. The van der Waals surface area contributed by atoms with Crippen LogP contribution in [0.25, 0.3) is 0 Å². The Morgan fingerprint density at radius 2 is 2.12 bits per heavy atom. The first-order chi connectivity index (χ1) is 12.4. The maximum Gasteiger partial charge on any atom is 0.401 e. The van der Waals surface area contributed by atoms with E-state index in [9.17, 15) is 18.0 Å². The number of carbonyl (C=O) groups is 1. The molecular formula is C16H24F3N5OS. The fraction of sp³-hybridized carbons (Fsp3) is 0.750. The lowest BCUT2D eigenvalue weighted by Crippen LogP contribution is -2.44. The molecule has 1 aromatic heterocycles. The molecular weight excluding hydrogens is 367 g/mol. The molecule has 3 rings (SSSR count). The minimum Gasteiger partial charge on any atom is -0.346 e. The Balaban J connectivity index is 1.40. The predicted octanol–water partition coefficient (Wildman–Crippen LogP) is 2.25. The lowest BCUT2D eigenvalue weighted by molar-refractivity contribution is -0.143. The van der Waals surface area contributed by atoms with Gasteiger partial charge in [-0.25, -0.2) is 9.78 Å². The van der Waals surface area contributed by atoms with E-state index in [2.05, 4.69) is 15.2 Å². The lowest BCUT2D eigenvalue weighted by atomic mass is 10.1. The summed E-state index contributed by atoms with van der Waals surface area (Å²) >= 11 is 1.59. The fourth-order valence-corrected chi connectivity index (χ4v) is 4.20. The zero-order valence-corrected chi connectivity index (χ0v) is 15.4. The van der Waals surface area contributed by atoms with Crippen LogP contribution in [-0.4, -0.2) is 79.3 Å². The van der Waals surface area contributed by atoms with Crippen LogP contribution < -0.4 is 10.2 Å². The summed E-state index contributed by atoms with van der Waals surface area (Å²) in [5.41, 5.74) is 0. The maximum absolute atomic E-state index is 12.4. The highest BCUT2D eigenvalue weighted by molar-refractivity contribution is 7.13. The predicted molar refractivity (Wildman–Crippen MR) is 94.5 cm³/mol. The van der Waals surface area contributed by atoms with Crippen molar-refractivity contribution in [2.24, 2.45) is 5.92 Å². The topological polar surface area (TPSA) is 51.7 Å². The van der Waals surface area contributed by atoms with Crippen LogP contribution >= 0.6 is 11.3 Å². The number of urea groups is 1. The van der Waals surface area contributed by atoms with Crippen molar-refractivity contribution in [1.82, 2.24) is 20.1 Å². The quantitative estimate of drug-likeness (QED) is 0.856. The van der Waals surface area contributed by atoms with Crippen LogP contribution in [0.2, 0.25) is 0 Å². The Morgan fingerprint density at radius 3 is 2.85 bits per heavy atom. The molecule has 1 N–H and O–H groups in total. The number of rotatable bonds is 4. The van der Waals surface area contributed by atoms with Crippen LogP contribution in [0, 0.1) is 5.92 Å². The Morgan fingerprint density at radius 1 is 1.27 bits per heavy atom. The Bertz CT molecular complexity index is 583. The summed E-state index contributed by atoms with van der Waals surface area (Å²) in [6.07, 6.45) is -0.823. The zero-order valence-electron chi connectivity index (χ0n) is 14.5. The minimum atomic E-state index is -4.16. The standard InChI is InChI=1S/C16H24F3N5OS/c17-16(18,19)12-22-6-2-13(11-22)10-21-14(25)23-4-1-5-24(8-7-23)15-20-3-9-26-15/h3,9,13H,1-2,4-8,10-12H2,(H,21,25)/t13-/m1/s1. The summed E-state index contributed by atoms with van der Waals surface area (Å²) in [6.45, 7) is 3.30. The maximum atomic E-state index is 12.4. The number of nitrogens with one attached hydrogen (secondary N) is 1. The van der Waals surface area contributed by atoms with Crippen molar-refractivity contribution in [2.75, 3.05) is 57.3 Å². The summed E-state index contributed by atoms with van der Waals surface area (Å²) in [5, 5.41) is 5.82. The zero-order chi connectivity index (χ0) is 18.6. The Kier molecular flexibility index (Phi) is 6.23. The first kappa shape index (κ1) is 19.2. The normalized spacial score (nSPS) is 22.5. The number of likely N-dealkylation sites (tertiary alicyclic amines) is 1. The third-order valence-corrected chi connectivity index (χ3v) is 5.62. The smallest absolute Gasteiger partial charge is 0.346 e. The second-order valence-corrected chi connectivity index (χ2v) is 7.71. The van der Waals surface area contributed by atoms with E-state index >= 15 is 0 Å². The molecule has 3 heterocycles. The van der Waals surface area contributed by atoms with Gasteiger partial charge in [0.05, 0.1) is 6.54 Å². The van der Waals surface area contributed by atoms with Gasteiger partial charge >= 0.3 is 12.2 Å². The van der Waals surface area contributed by atoms with Gasteiger partial charge in [0.25, 0.3) is 0 Å². The minimum absolute atomic E-state index is 0.0834. The second kappa shape index (κ2) is 8.43. The van der Waals surface area contributed by atoms with Crippen LogP contribution in [0.3, 0.4) is 0 Å². The molecule has 2 saturated heterocycles. The fourth-order valence-electron chi connectivity index (χ4n) is 3.50. The van der Waals surface area contributed by atoms with Crippen molar-refractivity contribution < 1.29 is 18.0 Å². The molecule has 1 atom stereocenters. The molecule has 0 unspecified atom stereocenters. The molecule has 0 radical (unpaired) electrons. The van der Waals surface area contributed by atoms with E-state index in [0.29, 0.717) is 39.1 Å². The van der Waals surface area contributed by atoms with Crippen molar-refractivity contribution in [3.63, 3.8) is 0 Å². The van der Waals surface area contributed by atoms with Gasteiger partial charge in [-0.15, -0.1) is 11.3 Å². The first-order valence-corrected chi connectivity index (χ1v) is 9.75. The van der Waals surface area contributed by atoms with Crippen LogP contribution in [0.5, 0.6) is 0 Å². The largest absolute Gasteiger partial charge is 0.401 e. The molecule has 0 aliphatic carbocycles. The number of aromatic nitrogens is 1. The molecule has 6 nitrogen and oxygen atoms in total. The number of hydrogen-bond acceptors (Lipinski definition) is 5. The van der Waals surface area contributed by atoms with Gasteiger partial charge in [0, 0.05) is 50.8 Å². The molecule has 2 amide bonds. The number of thiazole rings is 1. The molecule has 0 bridgehead atoms. The van der Waals surface area contributed by atoms with Gasteiger partial charge in [0.1, 0.15) is 0 Å². The molecule has 10 heteroatoms. The van der Waals surface area contributed by atoms with Gasteiger partial charge in [-0.05, 0) is 25.3 Å². The summed E-state index contributed by atoms with van der Waals surface area (Å²) in [4.78, 5) is 22.1. The molecule has 0 saturated carbocycles. The van der Waals surface area contributed by atoms with Gasteiger partial charge in [-0.1, -0.05) is 0 Å². The highest BCUT2D eigenvalue weighted by atomic mass is 32.1. The van der Waals surface area contributed by atoms with Crippen molar-refractivity contribution >= 4 is 22.5 Å². The number of hydrogen-bond donors (Lipinski definition) is 1. The van der Waals surface area contributed by atoms with Crippen molar-refractivity contribution in [2.45, 2.75) is 19.0 Å². The van der Waals surface area contributed by atoms with E-state index in [4.69, 9.17) is 0 Å². The molecule has 2 aliphatic heterocycles. The molecule has 0 aromatic carbocycles. The summed E-state index contributed by atoms with van der Waals surface area (Å²) in [7, 11) is 0. The summed E-state index contributed by atoms with van der Waals surface area (Å²) in [5.74, 6) is 0.0834. The van der Waals surface area contributed by atoms with Gasteiger partial charge in [0.2, 0.25) is 0 Å². The van der Waals surface area contributed by atoms with Crippen LogP contribution in [-0.2, 0) is 0 Å². The number of nitrogens with zero attached hydrogens (tertiary/aromatic N) is 4. The third kappa shape index (κ3) is 5.47. The molecule has 146 valence electrons. The second-order valence-electron chi connectivity index (χ2n) is 6.83. The number of carbonyl (C=O) groups excluding carboxylic acids is 1. The average molecular weight is 391 g/mol. The summed E-state index contributed by atoms with van der Waals surface area (Å²) < 4.78 is 37.3. The average Bonchev–Trinajstić information content (AvgIpc) is 3.19. The highest BCUT2D eigenvalue weighted by Crippen LogP contribution is 2.22. The van der Waals surface area contributed by atoms with E-state index in [1.165, 1.54) is 4.90 Å². The SMILES string of the molecule is O=C(NC[C@H]1CCN(CC(F)(F)F)C1)N1CCCN(c2nccs2)CC1. The molecule has 26 heavy (non-hydrogen) atoms. The summed E-state index contributed by atoms with van der Waals surface area (Å²) in [6, 6.07) is -0.125. The number of halogens is 3. The lowest BCUT2D eigenvalue weighted by Gasteiger charge is -2.23. The molecule has 0 spiro atoms. The van der Waals surface area contributed by atoms with Gasteiger partial charge < -0.3 is 15.1 Å². The van der Waals surface area contributed by atoms with E-state index in [1.807, 2.05) is 5.38 Å². The van der Waals surface area contributed by atoms with Gasteiger partial charge in [0.15, 0.2) is 5.13 Å². The number of alkyl halides is 3. The number of amides is 2. The first-order valence-electron chi connectivity index (χ1n) is 8.87. The van der Waals surface area contributed by atoms with E-state index in [1.54, 1.807) is 22.4 Å². The Hall–Kier alpha value is -1.55. The number of anilines is 1. The Labute approximate surface area is 155 Å². The van der Waals surface area contributed by atoms with Crippen LogP contribution in [0.15, 0.2) is 11.6 Å². The van der Waals surface area contributed by atoms with Gasteiger partial charge in [-0.2, -0.15) is 13.2 Å². The highest BCUT2D eigenvalue weighted by Gasteiger charge is 2.34. The van der Waals surface area contributed by atoms with E-state index in [-0.39, 0.29) is 11.9 Å².